The number of aromatic nitrogens is 2. The van der Waals surface area contributed by atoms with E-state index in [-0.39, 0.29) is 4.90 Å². The molecule has 25 heavy (non-hydrogen) atoms. The predicted molar refractivity (Wildman–Crippen MR) is 97.8 cm³/mol. The fourth-order valence-corrected chi connectivity index (χ4v) is 3.78. The first-order valence-corrected chi connectivity index (χ1v) is 9.34. The van der Waals surface area contributed by atoms with Gasteiger partial charge in [0.2, 0.25) is 0 Å². The molecule has 0 aliphatic rings. The maximum atomic E-state index is 11.9. The molecule has 0 spiro atoms. The van der Waals surface area contributed by atoms with Crippen LogP contribution in [0.5, 0.6) is 0 Å². The Morgan fingerprint density at radius 2 is 1.68 bits per heavy atom. The van der Waals surface area contributed by atoms with Crippen LogP contribution in [0.2, 0.25) is 0 Å². The molecule has 1 aromatic heterocycles. The van der Waals surface area contributed by atoms with Gasteiger partial charge >= 0.3 is 0 Å². The minimum absolute atomic E-state index is 0.105. The molecule has 0 unspecified atom stereocenters. The van der Waals surface area contributed by atoms with Crippen LogP contribution in [0.25, 0.3) is 16.8 Å². The van der Waals surface area contributed by atoms with Gasteiger partial charge in [0.15, 0.2) is 0 Å². The lowest BCUT2D eigenvalue weighted by Crippen LogP contribution is -2.07. The van der Waals surface area contributed by atoms with Crippen molar-refractivity contribution in [3.8, 4) is 16.8 Å². The fourth-order valence-electron chi connectivity index (χ4n) is 3.09. The molecule has 2 aromatic carbocycles. The first kappa shape index (κ1) is 17.4. The number of para-hydroxylation sites is 1. The Labute approximate surface area is 147 Å². The molecule has 3 aromatic rings. The fraction of sp³-hybridized carbons (Fsp3) is 0.211. The zero-order chi connectivity index (χ0) is 18.4. The van der Waals surface area contributed by atoms with Crippen LogP contribution in [-0.2, 0) is 10.1 Å². The lowest BCUT2D eigenvalue weighted by molar-refractivity contribution is 0.483. The summed E-state index contributed by atoms with van der Waals surface area (Å²) >= 11 is 0. The third-order valence-electron chi connectivity index (χ3n) is 4.16. The zero-order valence-electron chi connectivity index (χ0n) is 14.6. The van der Waals surface area contributed by atoms with Crippen molar-refractivity contribution < 1.29 is 13.0 Å². The molecule has 5 nitrogen and oxygen atoms in total. The van der Waals surface area contributed by atoms with Gasteiger partial charge in [0.25, 0.3) is 10.1 Å². The molecule has 0 bridgehead atoms. The average Bonchev–Trinajstić information content (AvgIpc) is 2.84. The SMILES string of the molecule is Cc1ccc(S(=O)(=O)O)c(-c2cccc(C)c2-n2nc(C)cc2C)c1. The van der Waals surface area contributed by atoms with Gasteiger partial charge in [0.05, 0.1) is 11.4 Å². The van der Waals surface area contributed by atoms with E-state index in [0.717, 1.165) is 28.2 Å². The van der Waals surface area contributed by atoms with Gasteiger partial charge < -0.3 is 0 Å². The molecule has 3 rings (SSSR count). The largest absolute Gasteiger partial charge is 0.295 e. The van der Waals surface area contributed by atoms with Crippen LogP contribution >= 0.6 is 0 Å². The summed E-state index contributed by atoms with van der Waals surface area (Å²) in [6, 6.07) is 12.5. The smallest absolute Gasteiger partial charge is 0.282 e. The summed E-state index contributed by atoms with van der Waals surface area (Å²) in [6.45, 7) is 7.71. The molecular weight excluding hydrogens is 336 g/mol. The number of benzene rings is 2. The van der Waals surface area contributed by atoms with Crippen molar-refractivity contribution in [2.24, 2.45) is 0 Å². The maximum Gasteiger partial charge on any atom is 0.295 e. The highest BCUT2D eigenvalue weighted by atomic mass is 32.2. The number of hydrogen-bond acceptors (Lipinski definition) is 3. The summed E-state index contributed by atoms with van der Waals surface area (Å²) in [7, 11) is -4.34. The highest BCUT2D eigenvalue weighted by Crippen LogP contribution is 2.35. The van der Waals surface area contributed by atoms with E-state index in [9.17, 15) is 13.0 Å². The molecule has 0 amide bonds. The topological polar surface area (TPSA) is 72.2 Å². The molecule has 0 fully saturated rings. The molecule has 1 heterocycles. The number of hydrogen-bond donors (Lipinski definition) is 1. The molecule has 0 atom stereocenters. The summed E-state index contributed by atoms with van der Waals surface area (Å²) in [5.74, 6) is 0. The van der Waals surface area contributed by atoms with Crippen LogP contribution in [0.15, 0.2) is 47.4 Å². The highest BCUT2D eigenvalue weighted by molar-refractivity contribution is 7.86. The standard InChI is InChI=1S/C19H20N2O3S/c1-12-8-9-18(25(22,23)24)17(10-12)16-7-5-6-13(2)19(16)21-15(4)11-14(3)20-21/h5-11H,1-4H3,(H,22,23,24). The molecule has 0 aliphatic heterocycles. The molecule has 1 N–H and O–H groups in total. The van der Waals surface area contributed by atoms with Crippen molar-refractivity contribution >= 4 is 10.1 Å². The molecule has 0 saturated heterocycles. The van der Waals surface area contributed by atoms with Crippen LogP contribution in [0.4, 0.5) is 0 Å². The molecule has 0 radical (unpaired) electrons. The van der Waals surface area contributed by atoms with Crippen LogP contribution < -0.4 is 0 Å². The van der Waals surface area contributed by atoms with Gasteiger partial charge in [-0.05, 0) is 51.5 Å². The maximum absolute atomic E-state index is 11.9. The van der Waals surface area contributed by atoms with Crippen LogP contribution in [-0.4, -0.2) is 22.8 Å². The zero-order valence-corrected chi connectivity index (χ0v) is 15.4. The minimum Gasteiger partial charge on any atom is -0.282 e. The Hall–Kier alpha value is -2.44. The van der Waals surface area contributed by atoms with Crippen molar-refractivity contribution in [2.45, 2.75) is 32.6 Å². The van der Waals surface area contributed by atoms with Crippen molar-refractivity contribution in [1.29, 1.82) is 0 Å². The van der Waals surface area contributed by atoms with Gasteiger partial charge in [-0.2, -0.15) is 13.5 Å². The van der Waals surface area contributed by atoms with Gasteiger partial charge in [-0.15, -0.1) is 0 Å². The molecular formula is C19H20N2O3S. The second-order valence-electron chi connectivity index (χ2n) is 6.28. The summed E-state index contributed by atoms with van der Waals surface area (Å²) in [5.41, 5.74) is 5.69. The second-order valence-corrected chi connectivity index (χ2v) is 7.67. The van der Waals surface area contributed by atoms with Crippen molar-refractivity contribution in [3.05, 3.63) is 65.0 Å². The Morgan fingerprint density at radius 1 is 0.960 bits per heavy atom. The van der Waals surface area contributed by atoms with Gasteiger partial charge in [-0.3, -0.25) is 4.55 Å². The highest BCUT2D eigenvalue weighted by Gasteiger charge is 2.21. The average molecular weight is 356 g/mol. The Balaban J connectivity index is 2.40. The van der Waals surface area contributed by atoms with Crippen molar-refractivity contribution in [3.63, 3.8) is 0 Å². The molecule has 6 heteroatoms. The lowest BCUT2D eigenvalue weighted by atomic mass is 9.99. The number of rotatable bonds is 3. The minimum atomic E-state index is -4.34. The van der Waals surface area contributed by atoms with Gasteiger partial charge in [-0.25, -0.2) is 4.68 Å². The first-order chi connectivity index (χ1) is 11.7. The van der Waals surface area contributed by atoms with E-state index in [1.807, 2.05) is 56.6 Å². The summed E-state index contributed by atoms with van der Waals surface area (Å²) in [4.78, 5) is -0.105. The monoisotopic (exact) mass is 356 g/mol. The van der Waals surface area contributed by atoms with E-state index in [4.69, 9.17) is 0 Å². The van der Waals surface area contributed by atoms with E-state index in [1.165, 1.54) is 6.07 Å². The number of aryl methyl sites for hydroxylation is 4. The van der Waals surface area contributed by atoms with E-state index in [2.05, 4.69) is 5.10 Å². The molecule has 0 saturated carbocycles. The van der Waals surface area contributed by atoms with Crippen LogP contribution in [0.1, 0.15) is 22.5 Å². The van der Waals surface area contributed by atoms with Gasteiger partial charge in [0.1, 0.15) is 4.90 Å². The van der Waals surface area contributed by atoms with E-state index < -0.39 is 10.1 Å². The Kier molecular flexibility index (Phi) is 4.26. The third kappa shape index (κ3) is 3.23. The van der Waals surface area contributed by atoms with Crippen LogP contribution in [0.3, 0.4) is 0 Å². The lowest BCUT2D eigenvalue weighted by Gasteiger charge is -2.17. The van der Waals surface area contributed by atoms with E-state index in [0.29, 0.717) is 11.1 Å². The molecule has 0 aliphatic carbocycles. The summed E-state index contributed by atoms with van der Waals surface area (Å²) in [6.07, 6.45) is 0. The summed E-state index contributed by atoms with van der Waals surface area (Å²) < 4.78 is 35.2. The van der Waals surface area contributed by atoms with E-state index in [1.54, 1.807) is 12.1 Å². The van der Waals surface area contributed by atoms with Gasteiger partial charge in [0, 0.05) is 16.8 Å². The normalized spacial score (nSPS) is 11.7. The quantitative estimate of drug-likeness (QED) is 0.720. The van der Waals surface area contributed by atoms with E-state index >= 15 is 0 Å². The predicted octanol–water partition coefficient (Wildman–Crippen LogP) is 4.02. The number of nitrogens with zero attached hydrogens (tertiary/aromatic N) is 2. The van der Waals surface area contributed by atoms with Crippen molar-refractivity contribution in [1.82, 2.24) is 9.78 Å². The van der Waals surface area contributed by atoms with Crippen LogP contribution in [0, 0.1) is 27.7 Å². The Bertz CT molecular complexity index is 1070. The first-order valence-electron chi connectivity index (χ1n) is 7.90. The van der Waals surface area contributed by atoms with Crippen molar-refractivity contribution in [2.75, 3.05) is 0 Å². The third-order valence-corrected chi connectivity index (χ3v) is 5.07. The summed E-state index contributed by atoms with van der Waals surface area (Å²) in [5, 5.41) is 4.55. The van der Waals surface area contributed by atoms with Gasteiger partial charge in [-0.1, -0.05) is 29.8 Å². The molecule has 130 valence electrons. The Morgan fingerprint density at radius 3 is 2.28 bits per heavy atom. The second kappa shape index (κ2) is 6.13.